The van der Waals surface area contributed by atoms with Gasteiger partial charge in [-0.3, -0.25) is 4.58 Å². The average molecular weight is 287 g/mol. The van der Waals surface area contributed by atoms with Crippen LogP contribution in [0, 0.1) is 0 Å². The molecule has 1 rings (SSSR count). The van der Waals surface area contributed by atoms with Crippen LogP contribution >= 0.6 is 12.2 Å². The van der Waals surface area contributed by atoms with E-state index in [2.05, 4.69) is 10.6 Å². The molecule has 1 fully saturated rings. The average Bonchev–Trinajstić information content (AvgIpc) is 2.86. The maximum absolute atomic E-state index is 11.5. The quantitative estimate of drug-likeness (QED) is 0.322. The molecule has 0 aromatic rings. The largest absolute Gasteiger partial charge is 0.478 e. The Morgan fingerprint density at radius 2 is 1.95 bits per heavy atom. The number of nitrogens with one attached hydrogen (secondary N) is 2. The van der Waals surface area contributed by atoms with Crippen LogP contribution in [0.1, 0.15) is 25.7 Å². The zero-order chi connectivity index (χ0) is 14.4. The second-order valence-corrected chi connectivity index (χ2v) is 5.24. The van der Waals surface area contributed by atoms with Crippen LogP contribution in [0.3, 0.4) is 0 Å². The van der Waals surface area contributed by atoms with Crippen molar-refractivity contribution >= 4 is 29.4 Å². The van der Waals surface area contributed by atoms with Gasteiger partial charge < -0.3 is 10.1 Å². The number of hydrogen-bond acceptors (Lipinski definition) is 3. The van der Waals surface area contributed by atoms with E-state index in [0.29, 0.717) is 17.1 Å². The summed E-state index contributed by atoms with van der Waals surface area (Å²) in [5, 5.41) is 6.85. The summed E-state index contributed by atoms with van der Waals surface area (Å²) in [6, 6.07) is 0.437. The minimum atomic E-state index is -0.445. The van der Waals surface area contributed by atoms with Gasteiger partial charge in [0.05, 0.1) is 28.3 Å². The summed E-state index contributed by atoms with van der Waals surface area (Å²) in [5.74, 6) is 0.572. The predicted octanol–water partition coefficient (Wildman–Crippen LogP) is 0.719. The van der Waals surface area contributed by atoms with Gasteiger partial charge in [-0.05, 0) is 25.1 Å². The number of nitrogens with zero attached hydrogens (tertiary/aromatic N) is 2. The molecule has 6 nitrogen and oxygen atoms in total. The van der Waals surface area contributed by atoms with Crippen molar-refractivity contribution in [3.63, 3.8) is 0 Å². The fourth-order valence-corrected chi connectivity index (χ4v) is 2.37. The second-order valence-electron chi connectivity index (χ2n) is 4.83. The van der Waals surface area contributed by atoms with Crippen molar-refractivity contribution < 1.29 is 14.1 Å². The van der Waals surface area contributed by atoms with Crippen LogP contribution in [0.15, 0.2) is 0 Å². The summed E-state index contributed by atoms with van der Waals surface area (Å²) in [5.41, 5.74) is 0. The first kappa shape index (κ1) is 15.7. The minimum absolute atomic E-state index is 0.437. The van der Waals surface area contributed by atoms with E-state index in [9.17, 15) is 4.79 Å². The highest BCUT2D eigenvalue weighted by atomic mass is 32.1. The highest BCUT2D eigenvalue weighted by Crippen LogP contribution is 2.17. The van der Waals surface area contributed by atoms with Crippen molar-refractivity contribution in [2.75, 3.05) is 28.3 Å². The number of rotatable bonds is 1. The fourth-order valence-electron chi connectivity index (χ4n) is 2.11. The zero-order valence-corrected chi connectivity index (χ0v) is 12.8. The number of carbonyl (C=O) groups excluding carboxylic acids is 1. The van der Waals surface area contributed by atoms with E-state index < -0.39 is 6.09 Å². The van der Waals surface area contributed by atoms with Crippen LogP contribution in [0.25, 0.3) is 0 Å². The Kier molecular flexibility index (Phi) is 6.01. The lowest BCUT2D eigenvalue weighted by atomic mass is 10.3. The van der Waals surface area contributed by atoms with E-state index in [0.717, 1.165) is 12.8 Å². The van der Waals surface area contributed by atoms with Crippen LogP contribution in [0.2, 0.25) is 0 Å². The molecule has 0 saturated heterocycles. The molecule has 0 aliphatic heterocycles. The highest BCUT2D eigenvalue weighted by molar-refractivity contribution is 7.80. The molecule has 1 saturated carbocycles. The lowest BCUT2D eigenvalue weighted by Gasteiger charge is -2.17. The molecular formula is C12H23N4O2S+. The van der Waals surface area contributed by atoms with Gasteiger partial charge in [0.15, 0.2) is 0 Å². The van der Waals surface area contributed by atoms with Crippen molar-refractivity contribution in [2.24, 2.45) is 0 Å². The van der Waals surface area contributed by atoms with E-state index >= 15 is 0 Å². The molecule has 1 aliphatic carbocycles. The second kappa shape index (κ2) is 7.28. The van der Waals surface area contributed by atoms with Crippen LogP contribution in [0.5, 0.6) is 0 Å². The van der Waals surface area contributed by atoms with Gasteiger partial charge in [-0.15, -0.1) is 0 Å². The summed E-state index contributed by atoms with van der Waals surface area (Å²) in [6.45, 7) is 0. The van der Waals surface area contributed by atoms with Crippen LogP contribution in [-0.2, 0) is 4.74 Å². The molecule has 0 bridgehead atoms. The van der Waals surface area contributed by atoms with Crippen LogP contribution < -0.4 is 10.6 Å². The van der Waals surface area contributed by atoms with Gasteiger partial charge in [0.1, 0.15) is 0 Å². The van der Waals surface area contributed by atoms with Gasteiger partial charge >= 0.3 is 12.1 Å². The van der Waals surface area contributed by atoms with Crippen LogP contribution in [-0.4, -0.2) is 60.9 Å². The molecular weight excluding hydrogens is 264 g/mol. The van der Waals surface area contributed by atoms with Crippen molar-refractivity contribution in [1.29, 1.82) is 0 Å². The Hall–Kier alpha value is -1.37. The normalized spacial score (nSPS) is 14.7. The van der Waals surface area contributed by atoms with E-state index in [1.54, 1.807) is 11.6 Å². The molecule has 0 heterocycles. The molecule has 0 atom stereocenters. The molecule has 7 heteroatoms. The van der Waals surface area contributed by atoms with Crippen molar-refractivity contribution in [2.45, 2.75) is 31.7 Å². The molecule has 0 aromatic carbocycles. The number of carbonyl (C=O) groups is 1. The zero-order valence-electron chi connectivity index (χ0n) is 12.0. The number of amides is 1. The lowest BCUT2D eigenvalue weighted by molar-refractivity contribution is -0.471. The Bertz CT molecular complexity index is 374. The molecule has 0 radical (unpaired) electrons. The Balaban J connectivity index is 2.61. The molecule has 19 heavy (non-hydrogen) atoms. The molecule has 1 amide bonds. The SMILES string of the molecule is COC(=O)N(C)C(NC(=S)NC1CCCC1)=[N+](C)C. The number of methoxy groups -OCH3 is 1. The fraction of sp³-hybridized carbons (Fsp3) is 0.750. The number of hydrogen-bond donors (Lipinski definition) is 2. The standard InChI is InChI=1S/C12H22N4O2S/c1-15(2)11(16(3)12(17)18-4)14-10(19)13-9-7-5-6-8-9/h9H,5-8H2,1-4H3,(H,13,19)/p+1. The third-order valence-corrected chi connectivity index (χ3v) is 3.33. The van der Waals surface area contributed by atoms with Crippen LogP contribution in [0.4, 0.5) is 4.79 Å². The number of thiocarbonyl (C=S) groups is 1. The lowest BCUT2D eigenvalue weighted by Crippen LogP contribution is -2.53. The van der Waals surface area contributed by atoms with Crippen molar-refractivity contribution in [3.05, 3.63) is 0 Å². The Morgan fingerprint density at radius 3 is 2.42 bits per heavy atom. The number of guanidine groups is 1. The summed E-state index contributed by atoms with van der Waals surface area (Å²) in [6.07, 6.45) is 4.33. The highest BCUT2D eigenvalue weighted by Gasteiger charge is 2.26. The van der Waals surface area contributed by atoms with E-state index in [1.807, 2.05) is 14.1 Å². The monoisotopic (exact) mass is 287 g/mol. The van der Waals surface area contributed by atoms with Crippen molar-refractivity contribution in [3.8, 4) is 0 Å². The van der Waals surface area contributed by atoms with Gasteiger partial charge in [0, 0.05) is 6.04 Å². The van der Waals surface area contributed by atoms with Gasteiger partial charge in [0.25, 0.3) is 0 Å². The van der Waals surface area contributed by atoms with E-state index in [-0.39, 0.29) is 0 Å². The topological polar surface area (TPSA) is 56.6 Å². The maximum Gasteiger partial charge on any atom is 0.478 e. The molecule has 1 aliphatic rings. The van der Waals surface area contributed by atoms with Gasteiger partial charge in [0.2, 0.25) is 5.11 Å². The third-order valence-electron chi connectivity index (χ3n) is 3.11. The van der Waals surface area contributed by atoms with E-state index in [1.165, 1.54) is 24.9 Å². The molecule has 2 N–H and O–H groups in total. The van der Waals surface area contributed by atoms with Gasteiger partial charge in [-0.1, -0.05) is 12.8 Å². The molecule has 108 valence electrons. The molecule has 0 unspecified atom stereocenters. The number of ether oxygens (including phenoxy) is 1. The smallest absolute Gasteiger partial charge is 0.441 e. The summed E-state index contributed by atoms with van der Waals surface area (Å²) < 4.78 is 6.47. The first-order chi connectivity index (χ1) is 8.95. The van der Waals surface area contributed by atoms with Gasteiger partial charge in [-0.2, -0.15) is 4.90 Å². The third kappa shape index (κ3) is 4.66. The molecule has 0 aromatic heterocycles. The van der Waals surface area contributed by atoms with E-state index in [4.69, 9.17) is 17.0 Å². The first-order valence-corrected chi connectivity index (χ1v) is 6.80. The summed E-state index contributed by atoms with van der Waals surface area (Å²) in [4.78, 5) is 12.9. The predicted molar refractivity (Wildman–Crippen MR) is 78.4 cm³/mol. The Morgan fingerprint density at radius 1 is 1.37 bits per heavy atom. The first-order valence-electron chi connectivity index (χ1n) is 6.39. The Labute approximate surface area is 119 Å². The summed E-state index contributed by atoms with van der Waals surface area (Å²) in [7, 11) is 6.65. The minimum Gasteiger partial charge on any atom is -0.441 e. The maximum atomic E-state index is 11.5. The van der Waals surface area contributed by atoms with Crippen molar-refractivity contribution in [1.82, 2.24) is 15.5 Å². The van der Waals surface area contributed by atoms with Gasteiger partial charge in [-0.25, -0.2) is 10.1 Å². The summed E-state index contributed by atoms with van der Waals surface area (Å²) >= 11 is 5.28. The molecule has 0 spiro atoms.